The molecule has 0 amide bonds. The summed E-state index contributed by atoms with van der Waals surface area (Å²) in [5, 5.41) is 31.6. The first-order valence-electron chi connectivity index (χ1n) is 4.37. The Bertz CT molecular complexity index is 280. The summed E-state index contributed by atoms with van der Waals surface area (Å²) in [5.74, 6) is -0.422. The van der Waals surface area contributed by atoms with Gasteiger partial charge in [-0.05, 0) is 5.53 Å². The summed E-state index contributed by atoms with van der Waals surface area (Å²) < 4.78 is 5.09. The van der Waals surface area contributed by atoms with E-state index < -0.39 is 30.3 Å². The normalized spacial score (nSPS) is 50.5. The van der Waals surface area contributed by atoms with Crippen LogP contribution >= 0.6 is 0 Å². The van der Waals surface area contributed by atoms with Gasteiger partial charge in [0, 0.05) is 17.4 Å². The number of hydrogen-bond acceptors (Lipinski definition) is 5. The first kappa shape index (κ1) is 9.70. The number of rotatable bonds is 2. The number of aliphatic hydroxyl groups is 3. The van der Waals surface area contributed by atoms with E-state index in [9.17, 15) is 15.3 Å². The van der Waals surface area contributed by atoms with Crippen molar-refractivity contribution in [3.8, 4) is 0 Å². The Hall–Kier alpha value is -0.850. The SMILES string of the molecule is [N-]=[N+]=NC[C@H]1C2OC2[C@H](O)[C@@H](O)[C@@H]1O. The fourth-order valence-corrected chi connectivity index (χ4v) is 1.94. The van der Waals surface area contributed by atoms with Crippen LogP contribution in [0.2, 0.25) is 0 Å². The van der Waals surface area contributed by atoms with E-state index in [-0.39, 0.29) is 12.6 Å². The molecule has 1 aliphatic heterocycles. The molecule has 0 aromatic heterocycles. The topological polar surface area (TPSA) is 122 Å². The Morgan fingerprint density at radius 2 is 1.86 bits per heavy atom. The third-order valence-electron chi connectivity index (χ3n) is 2.81. The van der Waals surface area contributed by atoms with Crippen LogP contribution in [0.4, 0.5) is 0 Å². The van der Waals surface area contributed by atoms with E-state index in [1.54, 1.807) is 0 Å². The third-order valence-corrected chi connectivity index (χ3v) is 2.81. The largest absolute Gasteiger partial charge is 0.390 e. The van der Waals surface area contributed by atoms with Crippen molar-refractivity contribution < 1.29 is 20.1 Å². The predicted octanol–water partition coefficient (Wildman–Crippen LogP) is -1.22. The monoisotopic (exact) mass is 201 g/mol. The minimum absolute atomic E-state index is 0.0720. The summed E-state index contributed by atoms with van der Waals surface area (Å²) in [6.45, 7) is 0.0720. The van der Waals surface area contributed by atoms with Crippen molar-refractivity contribution in [1.29, 1.82) is 0 Å². The summed E-state index contributed by atoms with van der Waals surface area (Å²) in [7, 11) is 0. The lowest BCUT2D eigenvalue weighted by atomic mass is 9.83. The summed E-state index contributed by atoms with van der Waals surface area (Å²) in [4.78, 5) is 2.58. The van der Waals surface area contributed by atoms with Gasteiger partial charge in [-0.25, -0.2) is 0 Å². The Kier molecular flexibility index (Phi) is 2.34. The molecule has 0 radical (unpaired) electrons. The molecule has 2 aliphatic rings. The van der Waals surface area contributed by atoms with Gasteiger partial charge in [-0.1, -0.05) is 5.11 Å². The molecule has 7 heteroatoms. The van der Waals surface area contributed by atoms with E-state index in [4.69, 9.17) is 10.3 Å². The molecule has 1 saturated heterocycles. The van der Waals surface area contributed by atoms with Crippen LogP contribution in [0.25, 0.3) is 10.4 Å². The summed E-state index contributed by atoms with van der Waals surface area (Å²) in [6, 6.07) is 0. The molecule has 0 aromatic carbocycles. The van der Waals surface area contributed by atoms with Gasteiger partial charge in [-0.2, -0.15) is 0 Å². The second-order valence-electron chi connectivity index (χ2n) is 3.61. The minimum atomic E-state index is -1.22. The van der Waals surface area contributed by atoms with Crippen LogP contribution in [0.15, 0.2) is 5.11 Å². The van der Waals surface area contributed by atoms with Crippen molar-refractivity contribution in [2.24, 2.45) is 11.0 Å². The third kappa shape index (κ3) is 1.35. The molecule has 1 saturated carbocycles. The lowest BCUT2D eigenvalue weighted by Crippen LogP contribution is -2.51. The molecule has 1 heterocycles. The van der Waals surface area contributed by atoms with Gasteiger partial charge in [0.25, 0.3) is 0 Å². The maximum absolute atomic E-state index is 9.56. The second kappa shape index (κ2) is 3.38. The van der Waals surface area contributed by atoms with Crippen LogP contribution in [0.3, 0.4) is 0 Å². The predicted molar refractivity (Wildman–Crippen MR) is 44.2 cm³/mol. The van der Waals surface area contributed by atoms with Gasteiger partial charge in [-0.15, -0.1) is 0 Å². The fourth-order valence-electron chi connectivity index (χ4n) is 1.94. The Morgan fingerprint density at radius 3 is 2.50 bits per heavy atom. The average Bonchev–Trinajstić information content (AvgIpc) is 2.94. The molecule has 0 bridgehead atoms. The van der Waals surface area contributed by atoms with E-state index in [1.165, 1.54) is 0 Å². The van der Waals surface area contributed by atoms with Gasteiger partial charge in [-0.3, -0.25) is 0 Å². The lowest BCUT2D eigenvalue weighted by Gasteiger charge is -2.31. The molecule has 0 spiro atoms. The molecule has 0 aromatic rings. The van der Waals surface area contributed by atoms with Crippen LogP contribution in [0.5, 0.6) is 0 Å². The Morgan fingerprint density at radius 1 is 1.14 bits per heavy atom. The highest BCUT2D eigenvalue weighted by Gasteiger charge is 2.59. The first-order valence-corrected chi connectivity index (χ1v) is 4.37. The van der Waals surface area contributed by atoms with Gasteiger partial charge < -0.3 is 20.1 Å². The highest BCUT2D eigenvalue weighted by atomic mass is 16.6. The van der Waals surface area contributed by atoms with Crippen LogP contribution in [0, 0.1) is 5.92 Å². The number of fused-ring (bicyclic) bond motifs is 1. The molecule has 6 atom stereocenters. The molecule has 7 nitrogen and oxygen atoms in total. The highest BCUT2D eigenvalue weighted by molar-refractivity contribution is 5.08. The quantitative estimate of drug-likeness (QED) is 0.224. The number of nitrogens with zero attached hydrogens (tertiary/aromatic N) is 3. The van der Waals surface area contributed by atoms with Crippen LogP contribution in [-0.4, -0.2) is 52.4 Å². The standard InChI is InChI=1S/C7H11N3O4/c8-10-9-1-2-3(11)4(12)5(13)7-6(2)14-7/h2-7,11-13H,1H2/t2-,3-,4+,5-,6?,7?/m1/s1. The maximum Gasteiger partial charge on any atom is 0.113 e. The van der Waals surface area contributed by atoms with Crippen LogP contribution in [0.1, 0.15) is 0 Å². The second-order valence-corrected chi connectivity index (χ2v) is 3.61. The van der Waals surface area contributed by atoms with E-state index in [0.29, 0.717) is 0 Å². The number of ether oxygens (including phenoxy) is 1. The zero-order valence-corrected chi connectivity index (χ0v) is 7.26. The van der Waals surface area contributed by atoms with Gasteiger partial charge in [0.2, 0.25) is 0 Å². The van der Waals surface area contributed by atoms with Crippen molar-refractivity contribution >= 4 is 0 Å². The van der Waals surface area contributed by atoms with Crippen molar-refractivity contribution in [2.75, 3.05) is 6.54 Å². The molecule has 78 valence electrons. The molecule has 14 heavy (non-hydrogen) atoms. The number of aliphatic hydroxyl groups excluding tert-OH is 3. The number of azide groups is 1. The molecular weight excluding hydrogens is 190 g/mol. The van der Waals surface area contributed by atoms with E-state index in [0.717, 1.165) is 0 Å². The summed E-state index contributed by atoms with van der Waals surface area (Å²) in [6.07, 6.45) is -4.09. The van der Waals surface area contributed by atoms with Crippen LogP contribution in [-0.2, 0) is 4.74 Å². The van der Waals surface area contributed by atoms with Crippen LogP contribution < -0.4 is 0 Å². The van der Waals surface area contributed by atoms with E-state index >= 15 is 0 Å². The Balaban J connectivity index is 2.07. The van der Waals surface area contributed by atoms with Crippen molar-refractivity contribution in [3.05, 3.63) is 10.4 Å². The van der Waals surface area contributed by atoms with Gasteiger partial charge in [0.1, 0.15) is 18.3 Å². The summed E-state index contributed by atoms with van der Waals surface area (Å²) in [5.41, 5.74) is 8.12. The molecular formula is C7H11N3O4. The summed E-state index contributed by atoms with van der Waals surface area (Å²) >= 11 is 0. The Labute approximate surface area is 79.5 Å². The first-order chi connectivity index (χ1) is 6.66. The van der Waals surface area contributed by atoms with E-state index in [1.807, 2.05) is 0 Å². The molecule has 2 rings (SSSR count). The van der Waals surface area contributed by atoms with Gasteiger partial charge in [0.05, 0.1) is 12.2 Å². The van der Waals surface area contributed by atoms with Crippen molar-refractivity contribution in [1.82, 2.24) is 0 Å². The minimum Gasteiger partial charge on any atom is -0.390 e. The van der Waals surface area contributed by atoms with E-state index in [2.05, 4.69) is 10.0 Å². The fraction of sp³-hybridized carbons (Fsp3) is 1.00. The van der Waals surface area contributed by atoms with Gasteiger partial charge >= 0.3 is 0 Å². The van der Waals surface area contributed by atoms with Gasteiger partial charge in [0.15, 0.2) is 0 Å². The highest BCUT2D eigenvalue weighted by Crippen LogP contribution is 2.41. The smallest absolute Gasteiger partial charge is 0.113 e. The average molecular weight is 201 g/mol. The number of epoxide rings is 1. The van der Waals surface area contributed by atoms with Crippen molar-refractivity contribution in [3.63, 3.8) is 0 Å². The lowest BCUT2D eigenvalue weighted by molar-refractivity contribution is -0.0956. The molecule has 3 N–H and O–H groups in total. The maximum atomic E-state index is 9.56. The number of hydrogen-bond donors (Lipinski definition) is 3. The molecule has 2 unspecified atom stereocenters. The molecule has 1 aliphatic carbocycles. The zero-order valence-electron chi connectivity index (χ0n) is 7.26. The zero-order chi connectivity index (χ0) is 10.3. The molecule has 2 fully saturated rings. The van der Waals surface area contributed by atoms with Crippen molar-refractivity contribution in [2.45, 2.75) is 30.5 Å².